The van der Waals surface area contributed by atoms with E-state index in [2.05, 4.69) is 5.32 Å². The summed E-state index contributed by atoms with van der Waals surface area (Å²) in [6.45, 7) is 6.18. The summed E-state index contributed by atoms with van der Waals surface area (Å²) in [5, 5.41) is 3.78. The zero-order chi connectivity index (χ0) is 21.4. The van der Waals surface area contributed by atoms with Crippen molar-refractivity contribution >= 4 is 35.0 Å². The van der Waals surface area contributed by atoms with E-state index < -0.39 is 6.04 Å². The Morgan fingerprint density at radius 2 is 1.83 bits per heavy atom. The number of carbonyl (C=O) groups excluding carboxylic acids is 2. The molecular weight excluding hydrogens is 411 g/mol. The van der Waals surface area contributed by atoms with Crippen molar-refractivity contribution in [3.8, 4) is 5.75 Å². The van der Waals surface area contributed by atoms with E-state index in [1.807, 2.05) is 26.0 Å². The van der Waals surface area contributed by atoms with E-state index >= 15 is 0 Å². The fourth-order valence-electron chi connectivity index (χ4n) is 2.67. The van der Waals surface area contributed by atoms with Gasteiger partial charge in [-0.1, -0.05) is 53.9 Å². The Kier molecular flexibility index (Phi) is 8.80. The topological polar surface area (TPSA) is 58.6 Å². The Labute approximate surface area is 181 Å². The minimum atomic E-state index is -0.678. The van der Waals surface area contributed by atoms with Crippen molar-refractivity contribution in [1.82, 2.24) is 10.2 Å². The lowest BCUT2D eigenvalue weighted by atomic mass is 10.1. The van der Waals surface area contributed by atoms with Crippen molar-refractivity contribution in [2.75, 3.05) is 13.2 Å². The predicted octanol–water partition coefficient (Wildman–Crippen LogP) is 4.62. The van der Waals surface area contributed by atoms with Crippen LogP contribution in [0.5, 0.6) is 5.75 Å². The van der Waals surface area contributed by atoms with E-state index in [9.17, 15) is 9.59 Å². The van der Waals surface area contributed by atoms with Gasteiger partial charge in [-0.3, -0.25) is 9.59 Å². The van der Waals surface area contributed by atoms with Gasteiger partial charge in [0, 0.05) is 23.1 Å². The van der Waals surface area contributed by atoms with Crippen LogP contribution < -0.4 is 10.1 Å². The van der Waals surface area contributed by atoms with Crippen LogP contribution in [0.4, 0.5) is 0 Å². The van der Waals surface area contributed by atoms with E-state index in [0.717, 1.165) is 12.0 Å². The van der Waals surface area contributed by atoms with Gasteiger partial charge in [-0.2, -0.15) is 0 Å². The quantitative estimate of drug-likeness (QED) is 0.623. The second kappa shape index (κ2) is 11.1. The molecule has 0 saturated carbocycles. The molecule has 5 nitrogen and oxygen atoms in total. The summed E-state index contributed by atoms with van der Waals surface area (Å²) >= 11 is 12.2. The predicted molar refractivity (Wildman–Crippen MR) is 116 cm³/mol. The highest BCUT2D eigenvalue weighted by molar-refractivity contribution is 6.35. The van der Waals surface area contributed by atoms with E-state index in [1.165, 1.54) is 4.90 Å². The highest BCUT2D eigenvalue weighted by atomic mass is 35.5. The number of benzene rings is 2. The molecule has 0 spiro atoms. The SMILES string of the molecule is CCCNC(=O)[C@@H](C)N(Cc1ccc(Cl)cc1Cl)C(=O)COc1ccc(C)cc1. The van der Waals surface area contributed by atoms with Gasteiger partial charge in [0.25, 0.3) is 5.91 Å². The van der Waals surface area contributed by atoms with Gasteiger partial charge >= 0.3 is 0 Å². The maximum absolute atomic E-state index is 12.9. The Bertz CT molecular complexity index is 840. The first-order valence-electron chi connectivity index (χ1n) is 9.52. The lowest BCUT2D eigenvalue weighted by molar-refractivity contribution is -0.142. The van der Waals surface area contributed by atoms with Crippen molar-refractivity contribution in [2.24, 2.45) is 0 Å². The smallest absolute Gasteiger partial charge is 0.261 e. The number of carbonyl (C=O) groups is 2. The molecule has 1 N–H and O–H groups in total. The molecule has 0 heterocycles. The molecule has 0 radical (unpaired) electrons. The molecule has 0 bridgehead atoms. The van der Waals surface area contributed by atoms with E-state index in [-0.39, 0.29) is 25.0 Å². The molecule has 2 aromatic rings. The highest BCUT2D eigenvalue weighted by Gasteiger charge is 2.27. The molecule has 0 aliphatic carbocycles. The number of ether oxygens (including phenoxy) is 1. The Hall–Kier alpha value is -2.24. The molecular formula is C22H26Cl2N2O3. The van der Waals surface area contributed by atoms with Crippen LogP contribution in [0.3, 0.4) is 0 Å². The third kappa shape index (κ3) is 6.94. The van der Waals surface area contributed by atoms with Gasteiger partial charge in [-0.15, -0.1) is 0 Å². The molecule has 2 amide bonds. The largest absolute Gasteiger partial charge is 0.484 e. The fraction of sp³-hybridized carbons (Fsp3) is 0.364. The van der Waals surface area contributed by atoms with Crippen molar-refractivity contribution in [3.63, 3.8) is 0 Å². The van der Waals surface area contributed by atoms with Gasteiger partial charge in [-0.25, -0.2) is 0 Å². The second-order valence-electron chi connectivity index (χ2n) is 6.83. The molecule has 2 aromatic carbocycles. The molecule has 0 aliphatic rings. The molecule has 0 aromatic heterocycles. The molecule has 29 heavy (non-hydrogen) atoms. The Morgan fingerprint density at radius 3 is 2.45 bits per heavy atom. The van der Waals surface area contributed by atoms with Gasteiger partial charge in [0.1, 0.15) is 11.8 Å². The number of halogens is 2. The zero-order valence-electron chi connectivity index (χ0n) is 16.9. The second-order valence-corrected chi connectivity index (χ2v) is 7.67. The summed E-state index contributed by atoms with van der Waals surface area (Å²) < 4.78 is 5.62. The first kappa shape index (κ1) is 23.0. The number of nitrogens with one attached hydrogen (secondary N) is 1. The summed E-state index contributed by atoms with van der Waals surface area (Å²) in [7, 11) is 0. The molecule has 0 unspecified atom stereocenters. The van der Waals surface area contributed by atoms with Gasteiger partial charge in [-0.05, 0) is 50.1 Å². The summed E-state index contributed by atoms with van der Waals surface area (Å²) in [6.07, 6.45) is 0.811. The number of nitrogens with zero attached hydrogens (tertiary/aromatic N) is 1. The maximum atomic E-state index is 12.9. The molecule has 156 valence electrons. The van der Waals surface area contributed by atoms with Gasteiger partial charge in [0.2, 0.25) is 5.91 Å². The first-order valence-corrected chi connectivity index (χ1v) is 10.3. The molecule has 0 aliphatic heterocycles. The summed E-state index contributed by atoms with van der Waals surface area (Å²) in [5.41, 5.74) is 1.80. The zero-order valence-corrected chi connectivity index (χ0v) is 18.4. The lowest BCUT2D eigenvalue weighted by Crippen LogP contribution is -2.49. The third-order valence-electron chi connectivity index (χ3n) is 4.46. The summed E-state index contributed by atoms with van der Waals surface area (Å²) in [5.74, 6) is 0.0628. The van der Waals surface area contributed by atoms with Crippen molar-refractivity contribution in [1.29, 1.82) is 0 Å². The highest BCUT2D eigenvalue weighted by Crippen LogP contribution is 2.23. The van der Waals surface area contributed by atoms with Crippen LogP contribution in [0.2, 0.25) is 10.0 Å². The van der Waals surface area contributed by atoms with Crippen molar-refractivity contribution < 1.29 is 14.3 Å². The fourth-order valence-corrected chi connectivity index (χ4v) is 3.14. The minimum absolute atomic E-state index is 0.173. The number of amides is 2. The van der Waals surface area contributed by atoms with E-state index in [1.54, 1.807) is 37.3 Å². The number of hydrogen-bond acceptors (Lipinski definition) is 3. The van der Waals surface area contributed by atoms with Crippen LogP contribution in [0.1, 0.15) is 31.4 Å². The first-order chi connectivity index (χ1) is 13.8. The van der Waals surface area contributed by atoms with E-state index in [0.29, 0.717) is 27.9 Å². The van der Waals surface area contributed by atoms with Crippen LogP contribution in [0.25, 0.3) is 0 Å². The maximum Gasteiger partial charge on any atom is 0.261 e. The lowest BCUT2D eigenvalue weighted by Gasteiger charge is -2.29. The average Bonchev–Trinajstić information content (AvgIpc) is 2.70. The van der Waals surface area contributed by atoms with Crippen LogP contribution in [-0.4, -0.2) is 35.9 Å². The van der Waals surface area contributed by atoms with Crippen LogP contribution in [-0.2, 0) is 16.1 Å². The average molecular weight is 437 g/mol. The normalized spacial score (nSPS) is 11.6. The van der Waals surface area contributed by atoms with Crippen LogP contribution >= 0.6 is 23.2 Å². The van der Waals surface area contributed by atoms with E-state index in [4.69, 9.17) is 27.9 Å². The monoisotopic (exact) mass is 436 g/mol. The molecule has 0 fully saturated rings. The number of hydrogen-bond donors (Lipinski definition) is 1. The summed E-state index contributed by atoms with van der Waals surface area (Å²) in [6, 6.07) is 11.8. The molecule has 7 heteroatoms. The molecule has 2 rings (SSSR count). The number of rotatable bonds is 9. The number of aryl methyl sites for hydroxylation is 1. The Morgan fingerprint density at radius 1 is 1.14 bits per heavy atom. The standard InChI is InChI=1S/C22H26Cl2N2O3/c1-4-11-25-22(28)16(3)26(13-17-7-8-18(23)12-20(17)24)21(27)14-29-19-9-5-15(2)6-10-19/h5-10,12,16H,4,11,13-14H2,1-3H3,(H,25,28)/t16-/m1/s1. The molecule has 0 saturated heterocycles. The van der Waals surface area contributed by atoms with Gasteiger partial charge in [0.05, 0.1) is 0 Å². The third-order valence-corrected chi connectivity index (χ3v) is 5.04. The van der Waals surface area contributed by atoms with Crippen molar-refractivity contribution in [3.05, 3.63) is 63.6 Å². The van der Waals surface area contributed by atoms with Crippen LogP contribution in [0.15, 0.2) is 42.5 Å². The van der Waals surface area contributed by atoms with Gasteiger partial charge in [0.15, 0.2) is 6.61 Å². The summed E-state index contributed by atoms with van der Waals surface area (Å²) in [4.78, 5) is 26.9. The van der Waals surface area contributed by atoms with Crippen molar-refractivity contribution in [2.45, 2.75) is 39.8 Å². The molecule has 1 atom stereocenters. The van der Waals surface area contributed by atoms with Gasteiger partial charge < -0.3 is 15.0 Å². The van der Waals surface area contributed by atoms with Crippen LogP contribution in [0, 0.1) is 6.92 Å². The Balaban J connectivity index is 2.16. The minimum Gasteiger partial charge on any atom is -0.484 e.